The van der Waals surface area contributed by atoms with Crippen LogP contribution in [0.4, 0.5) is 17.6 Å². The van der Waals surface area contributed by atoms with E-state index in [2.05, 4.69) is 36.4 Å². The number of aromatic amines is 2. The molecule has 3 aliphatic rings. The molecule has 34 heavy (non-hydrogen) atoms. The standard InChI is InChI=1S/C25H32N8O/c34-21(15-22-26-11-12-27-22)20-10-5-13-33(20)25-28-18-9-4-8-17(18)24(30-25)29-23-14-19(31-32-23)16-6-2-1-3-7-16/h11-12,14,16,20H,1-10,13,15H2,(H,26,27)(H2,28,29,30,31,32). The Kier molecular flexibility index (Phi) is 5.76. The third kappa shape index (κ3) is 4.19. The van der Waals surface area contributed by atoms with E-state index in [9.17, 15) is 4.79 Å². The number of hydrogen-bond acceptors (Lipinski definition) is 7. The largest absolute Gasteiger partial charge is 0.348 e. The Morgan fingerprint density at radius 1 is 1.09 bits per heavy atom. The van der Waals surface area contributed by atoms with Crippen LogP contribution in [0.3, 0.4) is 0 Å². The van der Waals surface area contributed by atoms with Crippen LogP contribution in [0.15, 0.2) is 18.5 Å². The molecule has 1 aliphatic heterocycles. The van der Waals surface area contributed by atoms with Crippen LogP contribution in [0, 0.1) is 0 Å². The molecule has 0 bridgehead atoms. The molecule has 1 unspecified atom stereocenters. The number of carbonyl (C=O) groups is 1. The molecule has 1 saturated carbocycles. The molecule has 3 N–H and O–H groups in total. The fourth-order valence-electron chi connectivity index (χ4n) is 5.81. The summed E-state index contributed by atoms with van der Waals surface area (Å²) in [6, 6.07) is 1.94. The molecule has 2 fully saturated rings. The zero-order valence-electron chi connectivity index (χ0n) is 19.5. The number of carbonyl (C=O) groups excluding carboxylic acids is 1. The highest BCUT2D eigenvalue weighted by atomic mass is 16.1. The normalized spacial score (nSPS) is 20.6. The Morgan fingerprint density at radius 3 is 2.85 bits per heavy atom. The lowest BCUT2D eigenvalue weighted by Gasteiger charge is -2.24. The van der Waals surface area contributed by atoms with Crippen LogP contribution >= 0.6 is 0 Å². The van der Waals surface area contributed by atoms with Crippen molar-refractivity contribution in [1.29, 1.82) is 0 Å². The first kappa shape index (κ1) is 21.3. The van der Waals surface area contributed by atoms with Crippen molar-refractivity contribution < 1.29 is 4.79 Å². The second-order valence-electron chi connectivity index (χ2n) is 9.85. The molecule has 1 atom stereocenters. The first-order valence-electron chi connectivity index (χ1n) is 12.7. The Hall–Kier alpha value is -3.23. The molecule has 9 heteroatoms. The number of nitrogens with zero attached hydrogens (tertiary/aromatic N) is 5. The van der Waals surface area contributed by atoms with E-state index in [1.807, 2.05) is 0 Å². The summed E-state index contributed by atoms with van der Waals surface area (Å²) in [5.74, 6) is 3.75. The average Bonchev–Trinajstić information content (AvgIpc) is 3.67. The number of hydrogen-bond donors (Lipinski definition) is 3. The van der Waals surface area contributed by atoms with Crippen molar-refractivity contribution in [2.45, 2.75) is 82.6 Å². The summed E-state index contributed by atoms with van der Waals surface area (Å²) in [4.78, 5) is 32.3. The summed E-state index contributed by atoms with van der Waals surface area (Å²) in [5.41, 5.74) is 3.50. The highest BCUT2D eigenvalue weighted by Crippen LogP contribution is 2.35. The summed E-state index contributed by atoms with van der Waals surface area (Å²) in [6.45, 7) is 0.793. The fourth-order valence-corrected chi connectivity index (χ4v) is 5.81. The summed E-state index contributed by atoms with van der Waals surface area (Å²) >= 11 is 0. The number of rotatable bonds is 7. The van der Waals surface area contributed by atoms with Crippen molar-refractivity contribution >= 4 is 23.4 Å². The van der Waals surface area contributed by atoms with Gasteiger partial charge < -0.3 is 15.2 Å². The molecule has 3 aromatic rings. The van der Waals surface area contributed by atoms with E-state index in [0.717, 1.165) is 56.0 Å². The maximum atomic E-state index is 13.1. The van der Waals surface area contributed by atoms with Gasteiger partial charge in [0.25, 0.3) is 0 Å². The van der Waals surface area contributed by atoms with E-state index in [4.69, 9.17) is 9.97 Å². The van der Waals surface area contributed by atoms with Gasteiger partial charge in [-0.1, -0.05) is 19.3 Å². The van der Waals surface area contributed by atoms with Crippen molar-refractivity contribution in [3.63, 3.8) is 0 Å². The van der Waals surface area contributed by atoms with E-state index >= 15 is 0 Å². The Morgan fingerprint density at radius 2 is 2.00 bits per heavy atom. The van der Waals surface area contributed by atoms with Gasteiger partial charge in [-0.2, -0.15) is 10.1 Å². The second kappa shape index (κ2) is 9.19. The van der Waals surface area contributed by atoms with E-state index in [0.29, 0.717) is 24.1 Å². The Bertz CT molecular complexity index is 1150. The predicted octanol–water partition coefficient (Wildman–Crippen LogP) is 3.98. The van der Waals surface area contributed by atoms with Gasteiger partial charge >= 0.3 is 0 Å². The Labute approximate surface area is 199 Å². The van der Waals surface area contributed by atoms with E-state index < -0.39 is 0 Å². The zero-order valence-corrected chi connectivity index (χ0v) is 19.5. The van der Waals surface area contributed by atoms with E-state index in [1.54, 1.807) is 12.4 Å². The molecule has 4 heterocycles. The molecule has 0 aromatic carbocycles. The van der Waals surface area contributed by atoms with Crippen LogP contribution in [0.2, 0.25) is 0 Å². The van der Waals surface area contributed by atoms with Gasteiger partial charge in [-0.15, -0.1) is 0 Å². The third-order valence-electron chi connectivity index (χ3n) is 7.59. The quantitative estimate of drug-likeness (QED) is 0.488. The molecular weight excluding hydrogens is 428 g/mol. The number of nitrogens with one attached hydrogen (secondary N) is 3. The highest BCUT2D eigenvalue weighted by Gasteiger charge is 2.34. The topological polar surface area (TPSA) is 115 Å². The number of H-pyrrole nitrogens is 2. The number of aryl methyl sites for hydroxylation is 1. The van der Waals surface area contributed by atoms with Crippen molar-refractivity contribution in [2.24, 2.45) is 0 Å². The summed E-state index contributed by atoms with van der Waals surface area (Å²) in [5, 5.41) is 11.3. The van der Waals surface area contributed by atoms with Gasteiger partial charge in [0.1, 0.15) is 11.6 Å². The molecule has 1 saturated heterocycles. The first-order chi connectivity index (χ1) is 16.7. The monoisotopic (exact) mass is 460 g/mol. The van der Waals surface area contributed by atoms with Gasteiger partial charge in [-0.05, 0) is 44.9 Å². The van der Waals surface area contributed by atoms with E-state index in [1.165, 1.54) is 43.4 Å². The van der Waals surface area contributed by atoms with Gasteiger partial charge in [0.2, 0.25) is 5.95 Å². The maximum Gasteiger partial charge on any atom is 0.228 e. The van der Waals surface area contributed by atoms with Gasteiger partial charge in [-0.25, -0.2) is 9.97 Å². The second-order valence-corrected chi connectivity index (χ2v) is 9.85. The number of fused-ring (bicyclic) bond motifs is 1. The number of ketones is 1. The van der Waals surface area contributed by atoms with Crippen molar-refractivity contribution in [3.8, 4) is 0 Å². The molecule has 0 amide bonds. The van der Waals surface area contributed by atoms with Crippen molar-refractivity contribution in [3.05, 3.63) is 41.2 Å². The SMILES string of the molecule is O=C(Cc1ncc[nH]1)C1CCCN1c1nc2c(c(Nc3cc(C4CCCCC4)[nH]n3)n1)CCC2. The number of anilines is 3. The summed E-state index contributed by atoms with van der Waals surface area (Å²) in [6.07, 6.45) is 14.9. The minimum atomic E-state index is -0.208. The number of Topliss-reactive ketones (excluding diaryl/α,β-unsaturated/α-hetero) is 1. The molecule has 2 aliphatic carbocycles. The minimum absolute atomic E-state index is 0.162. The summed E-state index contributed by atoms with van der Waals surface area (Å²) < 4.78 is 0. The van der Waals surface area contributed by atoms with Crippen LogP contribution < -0.4 is 10.2 Å². The highest BCUT2D eigenvalue weighted by molar-refractivity contribution is 5.88. The van der Waals surface area contributed by atoms with Crippen LogP contribution in [0.5, 0.6) is 0 Å². The van der Waals surface area contributed by atoms with Crippen LogP contribution in [0.25, 0.3) is 0 Å². The molecule has 0 radical (unpaired) electrons. The molecule has 6 rings (SSSR count). The fraction of sp³-hybridized carbons (Fsp3) is 0.560. The maximum absolute atomic E-state index is 13.1. The minimum Gasteiger partial charge on any atom is -0.348 e. The van der Waals surface area contributed by atoms with E-state index in [-0.39, 0.29) is 11.8 Å². The molecule has 3 aromatic heterocycles. The molecule has 0 spiro atoms. The number of aromatic nitrogens is 6. The van der Waals surface area contributed by atoms with Crippen LogP contribution in [-0.2, 0) is 24.1 Å². The van der Waals surface area contributed by atoms with Crippen molar-refractivity contribution in [1.82, 2.24) is 30.1 Å². The number of imidazole rings is 1. The lowest BCUT2D eigenvalue weighted by molar-refractivity contribution is -0.119. The predicted molar refractivity (Wildman–Crippen MR) is 129 cm³/mol. The van der Waals surface area contributed by atoms with Gasteiger partial charge in [0.15, 0.2) is 11.6 Å². The van der Waals surface area contributed by atoms with Crippen molar-refractivity contribution in [2.75, 3.05) is 16.8 Å². The molecule has 9 nitrogen and oxygen atoms in total. The zero-order chi connectivity index (χ0) is 22.9. The molecule has 178 valence electrons. The lowest BCUT2D eigenvalue weighted by Crippen LogP contribution is -2.38. The lowest BCUT2D eigenvalue weighted by atomic mass is 9.87. The van der Waals surface area contributed by atoms with Gasteiger partial charge in [0, 0.05) is 42.2 Å². The van der Waals surface area contributed by atoms with Gasteiger partial charge in [0.05, 0.1) is 18.2 Å². The smallest absolute Gasteiger partial charge is 0.228 e. The summed E-state index contributed by atoms with van der Waals surface area (Å²) in [7, 11) is 0. The Balaban J connectivity index is 1.24. The van der Waals surface area contributed by atoms with Crippen LogP contribution in [0.1, 0.15) is 80.1 Å². The van der Waals surface area contributed by atoms with Crippen LogP contribution in [-0.4, -0.2) is 48.5 Å². The average molecular weight is 461 g/mol. The third-order valence-corrected chi connectivity index (χ3v) is 7.59. The first-order valence-corrected chi connectivity index (χ1v) is 12.7. The van der Waals surface area contributed by atoms with Gasteiger partial charge in [-0.3, -0.25) is 9.89 Å². The molecular formula is C25H32N8O.